The molecule has 11 heteroatoms. The molecule has 1 aromatic carbocycles. The molecule has 0 bridgehead atoms. The van der Waals surface area contributed by atoms with Gasteiger partial charge in [-0.15, -0.1) is 13.2 Å². The van der Waals surface area contributed by atoms with Gasteiger partial charge in [-0.05, 0) is 37.8 Å². The van der Waals surface area contributed by atoms with Gasteiger partial charge in [-0.1, -0.05) is 12.1 Å². The van der Waals surface area contributed by atoms with Crippen LogP contribution in [0.2, 0.25) is 0 Å². The molecule has 0 unspecified atom stereocenters. The van der Waals surface area contributed by atoms with Gasteiger partial charge in [-0.3, -0.25) is 9.20 Å². The number of nitrogens with zero attached hydrogens (tertiary/aromatic N) is 3. The standard InChI is InChI=1S/C22H20F3N5O3/c23-22(24,25)33-15-3-1-2-13-10-14(28-16(13)15)17-18-19(26)27-8-9-30(18)20(29-17)11-4-6-12(7-5-11)21(31)32/h1-3,8-12,28H,4-7H2,(H2,26,27)(H,31,32). The molecule has 0 aliphatic heterocycles. The molecule has 33 heavy (non-hydrogen) atoms. The molecule has 3 heterocycles. The lowest BCUT2D eigenvalue weighted by Gasteiger charge is -2.25. The topological polar surface area (TPSA) is 119 Å². The van der Waals surface area contributed by atoms with Crippen molar-refractivity contribution in [2.75, 3.05) is 5.73 Å². The van der Waals surface area contributed by atoms with Crippen LogP contribution in [0.4, 0.5) is 19.0 Å². The minimum Gasteiger partial charge on any atom is -0.481 e. The number of fused-ring (bicyclic) bond motifs is 2. The van der Waals surface area contributed by atoms with Crippen LogP contribution in [0.5, 0.6) is 5.75 Å². The molecule has 1 saturated carbocycles. The van der Waals surface area contributed by atoms with Crippen molar-refractivity contribution in [3.05, 3.63) is 42.5 Å². The Morgan fingerprint density at radius 2 is 2.00 bits per heavy atom. The van der Waals surface area contributed by atoms with Gasteiger partial charge in [-0.25, -0.2) is 9.97 Å². The molecule has 0 spiro atoms. The highest BCUT2D eigenvalue weighted by molar-refractivity contribution is 5.93. The first-order valence-electron chi connectivity index (χ1n) is 10.4. The number of hydrogen-bond donors (Lipinski definition) is 3. The van der Waals surface area contributed by atoms with Gasteiger partial charge in [0, 0.05) is 23.7 Å². The summed E-state index contributed by atoms with van der Waals surface area (Å²) >= 11 is 0. The summed E-state index contributed by atoms with van der Waals surface area (Å²) < 4.78 is 44.5. The number of halogens is 3. The summed E-state index contributed by atoms with van der Waals surface area (Å²) in [6, 6.07) is 6.09. The number of carbonyl (C=O) groups is 1. The Balaban J connectivity index is 1.60. The predicted octanol–water partition coefficient (Wildman–Crippen LogP) is 4.72. The lowest BCUT2D eigenvalue weighted by atomic mass is 9.81. The van der Waals surface area contributed by atoms with Crippen molar-refractivity contribution in [2.24, 2.45) is 5.92 Å². The summed E-state index contributed by atoms with van der Waals surface area (Å²) in [6.07, 6.45) is 0.895. The first-order chi connectivity index (χ1) is 15.7. The predicted molar refractivity (Wildman–Crippen MR) is 114 cm³/mol. The second-order valence-corrected chi connectivity index (χ2v) is 8.19. The summed E-state index contributed by atoms with van der Waals surface area (Å²) in [6.45, 7) is 0. The zero-order valence-electron chi connectivity index (χ0n) is 17.3. The van der Waals surface area contributed by atoms with E-state index in [1.807, 2.05) is 4.40 Å². The zero-order chi connectivity index (χ0) is 23.3. The maximum Gasteiger partial charge on any atom is 0.573 e. The summed E-state index contributed by atoms with van der Waals surface area (Å²) in [4.78, 5) is 23.3. The van der Waals surface area contributed by atoms with Crippen LogP contribution in [0.1, 0.15) is 37.4 Å². The van der Waals surface area contributed by atoms with Crippen LogP contribution in [0, 0.1) is 5.92 Å². The fourth-order valence-corrected chi connectivity index (χ4v) is 4.63. The Morgan fingerprint density at radius 1 is 1.24 bits per heavy atom. The van der Waals surface area contributed by atoms with E-state index in [9.17, 15) is 23.1 Å². The number of carboxylic acids is 1. The highest BCUT2D eigenvalue weighted by Crippen LogP contribution is 2.40. The average molecular weight is 459 g/mol. The fraction of sp³-hybridized carbons (Fsp3) is 0.318. The number of aliphatic carboxylic acids is 1. The van der Waals surface area contributed by atoms with Crippen molar-refractivity contribution in [2.45, 2.75) is 38.0 Å². The molecular formula is C22H20F3N5O3. The quantitative estimate of drug-likeness (QED) is 0.407. The normalized spacial score (nSPS) is 19.2. The first-order valence-corrected chi connectivity index (χ1v) is 10.4. The second-order valence-electron chi connectivity index (χ2n) is 8.19. The van der Waals surface area contributed by atoms with Gasteiger partial charge >= 0.3 is 12.3 Å². The van der Waals surface area contributed by atoms with Gasteiger partial charge in [0.15, 0.2) is 5.75 Å². The van der Waals surface area contributed by atoms with Crippen LogP contribution in [0.25, 0.3) is 27.8 Å². The van der Waals surface area contributed by atoms with E-state index in [1.54, 1.807) is 24.5 Å². The van der Waals surface area contributed by atoms with E-state index in [4.69, 9.17) is 10.7 Å². The molecule has 1 aliphatic carbocycles. The number of rotatable bonds is 4. The van der Waals surface area contributed by atoms with Gasteiger partial charge in [0.2, 0.25) is 0 Å². The minimum atomic E-state index is -4.82. The summed E-state index contributed by atoms with van der Waals surface area (Å²) in [7, 11) is 0. The number of H-pyrrole nitrogens is 1. The number of hydrogen-bond acceptors (Lipinski definition) is 5. The van der Waals surface area contributed by atoms with Gasteiger partial charge in [0.25, 0.3) is 0 Å². The second kappa shape index (κ2) is 7.68. The van der Waals surface area contributed by atoms with Crippen molar-refractivity contribution in [1.29, 1.82) is 0 Å². The molecule has 5 rings (SSSR count). The van der Waals surface area contributed by atoms with Gasteiger partial charge in [0.1, 0.15) is 22.9 Å². The number of nitrogen functional groups attached to an aromatic ring is 1. The van der Waals surface area contributed by atoms with E-state index in [2.05, 4.69) is 14.7 Å². The lowest BCUT2D eigenvalue weighted by Crippen LogP contribution is -2.21. The Morgan fingerprint density at radius 3 is 2.70 bits per heavy atom. The van der Waals surface area contributed by atoms with Crippen molar-refractivity contribution in [3.63, 3.8) is 0 Å². The Bertz CT molecular complexity index is 1350. The van der Waals surface area contributed by atoms with Crippen LogP contribution in [-0.4, -0.2) is 36.8 Å². The Hall–Kier alpha value is -3.76. The molecule has 0 atom stereocenters. The third-order valence-corrected chi connectivity index (χ3v) is 6.15. The molecule has 4 aromatic rings. The molecule has 3 aromatic heterocycles. The SMILES string of the molecule is Nc1nccn2c(C3CCC(C(=O)O)CC3)nc(-c3cc4cccc(OC(F)(F)F)c4[nH]3)c12. The van der Waals surface area contributed by atoms with Gasteiger partial charge in [-0.2, -0.15) is 0 Å². The number of imidazole rings is 1. The molecule has 0 radical (unpaired) electrons. The molecule has 4 N–H and O–H groups in total. The maximum atomic E-state index is 12.8. The van der Waals surface area contributed by atoms with Crippen LogP contribution in [0.3, 0.4) is 0 Å². The van der Waals surface area contributed by atoms with Crippen molar-refractivity contribution >= 4 is 28.2 Å². The van der Waals surface area contributed by atoms with Crippen molar-refractivity contribution in [1.82, 2.24) is 19.4 Å². The van der Waals surface area contributed by atoms with Gasteiger partial charge < -0.3 is 20.6 Å². The van der Waals surface area contributed by atoms with E-state index in [0.717, 1.165) is 5.82 Å². The average Bonchev–Trinajstić information content (AvgIpc) is 3.36. The highest BCUT2D eigenvalue weighted by Gasteiger charge is 2.33. The number of nitrogens with one attached hydrogen (secondary N) is 1. The molecular weight excluding hydrogens is 439 g/mol. The van der Waals surface area contributed by atoms with Crippen LogP contribution in [-0.2, 0) is 4.79 Å². The number of anilines is 1. The summed E-state index contributed by atoms with van der Waals surface area (Å²) in [5.74, 6) is -0.505. The van der Waals surface area contributed by atoms with E-state index in [0.29, 0.717) is 48.0 Å². The number of carboxylic acid groups (broad SMARTS) is 1. The summed E-state index contributed by atoms with van der Waals surface area (Å²) in [5, 5.41) is 9.81. The molecule has 1 fully saturated rings. The third-order valence-electron chi connectivity index (χ3n) is 6.15. The Kier molecular flexibility index (Phi) is 4.91. The molecule has 172 valence electrons. The lowest BCUT2D eigenvalue weighted by molar-refractivity contribution is -0.274. The van der Waals surface area contributed by atoms with E-state index >= 15 is 0 Å². The van der Waals surface area contributed by atoms with E-state index in [1.165, 1.54) is 12.1 Å². The number of para-hydroxylation sites is 1. The largest absolute Gasteiger partial charge is 0.573 e. The summed E-state index contributed by atoms with van der Waals surface area (Å²) in [5.41, 5.74) is 7.84. The molecule has 0 amide bonds. The number of aromatic nitrogens is 4. The molecule has 1 aliphatic rings. The van der Waals surface area contributed by atoms with Crippen LogP contribution >= 0.6 is 0 Å². The number of alkyl halides is 3. The fourth-order valence-electron chi connectivity index (χ4n) is 4.63. The minimum absolute atomic E-state index is 0.0251. The van der Waals surface area contributed by atoms with E-state index < -0.39 is 12.3 Å². The monoisotopic (exact) mass is 459 g/mol. The molecule has 0 saturated heterocycles. The van der Waals surface area contributed by atoms with Crippen LogP contribution < -0.4 is 10.5 Å². The number of aromatic amines is 1. The highest BCUT2D eigenvalue weighted by atomic mass is 19.4. The van der Waals surface area contributed by atoms with Crippen molar-refractivity contribution < 1.29 is 27.8 Å². The smallest absolute Gasteiger partial charge is 0.481 e. The molecule has 8 nitrogen and oxygen atoms in total. The number of benzene rings is 1. The van der Waals surface area contributed by atoms with Gasteiger partial charge in [0.05, 0.1) is 17.1 Å². The van der Waals surface area contributed by atoms with E-state index in [-0.39, 0.29) is 28.9 Å². The van der Waals surface area contributed by atoms with Crippen LogP contribution in [0.15, 0.2) is 36.7 Å². The zero-order valence-corrected chi connectivity index (χ0v) is 17.3. The van der Waals surface area contributed by atoms with Crippen molar-refractivity contribution in [3.8, 4) is 17.1 Å². The number of ether oxygens (including phenoxy) is 1. The maximum absolute atomic E-state index is 12.8. The third kappa shape index (κ3) is 3.83. The Labute approximate surface area is 185 Å². The first kappa shape index (κ1) is 21.1. The number of nitrogens with two attached hydrogens (primary N) is 1.